The summed E-state index contributed by atoms with van der Waals surface area (Å²) >= 11 is 0. The Bertz CT molecular complexity index is 1000. The zero-order chi connectivity index (χ0) is 23.1. The van der Waals surface area contributed by atoms with Crippen molar-refractivity contribution in [3.63, 3.8) is 0 Å². The van der Waals surface area contributed by atoms with Crippen molar-refractivity contribution in [2.45, 2.75) is 68.9 Å². The van der Waals surface area contributed by atoms with Crippen LogP contribution in [0.25, 0.3) is 0 Å². The van der Waals surface area contributed by atoms with Crippen LogP contribution >= 0.6 is 0 Å². The lowest BCUT2D eigenvalue weighted by molar-refractivity contribution is -0.226. The first-order valence-corrected chi connectivity index (χ1v) is 11.9. The van der Waals surface area contributed by atoms with Crippen LogP contribution in [0.4, 0.5) is 8.78 Å². The summed E-state index contributed by atoms with van der Waals surface area (Å²) in [5, 5.41) is -6.03. The summed E-state index contributed by atoms with van der Waals surface area (Å²) in [6, 6.07) is 0. The fourth-order valence-corrected chi connectivity index (χ4v) is 6.37. The molecule has 3 aliphatic rings. The Hall–Kier alpha value is -1.38. The Labute approximate surface area is 172 Å². The van der Waals surface area contributed by atoms with Crippen molar-refractivity contribution >= 4 is 32.2 Å². The van der Waals surface area contributed by atoms with Gasteiger partial charge in [0.2, 0.25) is 5.79 Å². The molecule has 0 aromatic carbocycles. The molecule has 1 saturated heterocycles. The van der Waals surface area contributed by atoms with Crippen molar-refractivity contribution < 1.29 is 53.4 Å². The number of carbonyl (C=O) groups excluding carboxylic acids is 2. The molecule has 3 rings (SSSR count). The number of esters is 2. The molecular formula is C16H22F2O10S2. The SMILES string of the molecule is CC(C)(OC(=O)C(F)(F)S(=O)(=O)O)C(C)(C)C(=O)OC12CC3CC1C(C3)S(=O)(=O)O2. The highest BCUT2D eigenvalue weighted by Crippen LogP contribution is 2.61. The van der Waals surface area contributed by atoms with Gasteiger partial charge < -0.3 is 9.47 Å². The third-order valence-electron chi connectivity index (χ3n) is 6.56. The largest absolute Gasteiger partial charge is 0.465 e. The number of rotatable bonds is 6. The lowest BCUT2D eigenvalue weighted by Crippen LogP contribution is -2.54. The van der Waals surface area contributed by atoms with Gasteiger partial charge in [-0.2, -0.15) is 25.6 Å². The molecule has 4 unspecified atom stereocenters. The van der Waals surface area contributed by atoms with Gasteiger partial charge in [0.15, 0.2) is 0 Å². The normalized spacial score (nSPS) is 32.8. The standard InChI is InChI=1S/C16H22F2O10S2/c1-13(2,14(3,4)26-12(20)16(17,18)30(23,24)25)11(19)27-15-7-8-5-9(15)10(6-8)29(21,22)28-15/h8-10H,5-7H2,1-4H3,(H,23,24,25). The molecule has 10 nitrogen and oxygen atoms in total. The maximum absolute atomic E-state index is 13.6. The van der Waals surface area contributed by atoms with Crippen molar-refractivity contribution in [2.24, 2.45) is 17.3 Å². The van der Waals surface area contributed by atoms with E-state index in [1.807, 2.05) is 0 Å². The van der Waals surface area contributed by atoms with E-state index in [1.54, 1.807) is 0 Å². The monoisotopic (exact) mass is 476 g/mol. The maximum atomic E-state index is 13.6. The van der Waals surface area contributed by atoms with E-state index in [9.17, 15) is 35.2 Å². The molecule has 172 valence electrons. The summed E-state index contributed by atoms with van der Waals surface area (Å²) < 4.78 is 96.8. The molecule has 2 saturated carbocycles. The number of carbonyl (C=O) groups is 2. The first-order valence-electron chi connectivity index (χ1n) is 9.03. The number of fused-ring (bicyclic) bond motifs is 1. The molecule has 0 amide bonds. The molecule has 1 heterocycles. The first-order chi connectivity index (χ1) is 13.3. The Kier molecular flexibility index (Phi) is 4.91. The van der Waals surface area contributed by atoms with Gasteiger partial charge in [-0.3, -0.25) is 9.35 Å². The highest BCUT2D eigenvalue weighted by Gasteiger charge is 2.71. The van der Waals surface area contributed by atoms with Crippen molar-refractivity contribution in [2.75, 3.05) is 0 Å². The average Bonchev–Trinajstić information content (AvgIpc) is 3.13. The Balaban J connectivity index is 1.81. The molecule has 3 fully saturated rings. The Morgan fingerprint density at radius 1 is 1.13 bits per heavy atom. The van der Waals surface area contributed by atoms with Crippen molar-refractivity contribution in [1.29, 1.82) is 0 Å². The lowest BCUT2D eigenvalue weighted by Gasteiger charge is -2.41. The minimum absolute atomic E-state index is 0.00697. The van der Waals surface area contributed by atoms with Gasteiger partial charge in [-0.1, -0.05) is 0 Å². The Morgan fingerprint density at radius 3 is 2.20 bits per heavy atom. The van der Waals surface area contributed by atoms with E-state index in [1.165, 1.54) is 13.8 Å². The van der Waals surface area contributed by atoms with Gasteiger partial charge in [0.25, 0.3) is 10.1 Å². The van der Waals surface area contributed by atoms with Crippen molar-refractivity contribution in [3.05, 3.63) is 0 Å². The second-order valence-corrected chi connectivity index (χ2v) is 12.2. The summed E-state index contributed by atoms with van der Waals surface area (Å²) in [6.07, 6.45) is 1.07. The van der Waals surface area contributed by atoms with E-state index in [0.29, 0.717) is 12.8 Å². The maximum Gasteiger partial charge on any atom is 0.465 e. The van der Waals surface area contributed by atoms with E-state index in [0.717, 1.165) is 13.8 Å². The van der Waals surface area contributed by atoms with Crippen LogP contribution in [0, 0.1) is 17.3 Å². The number of halogens is 2. The lowest BCUT2D eigenvalue weighted by atomic mass is 9.77. The smallest absolute Gasteiger partial charge is 0.453 e. The second-order valence-electron chi connectivity index (χ2n) is 8.98. The van der Waals surface area contributed by atoms with Gasteiger partial charge in [0.1, 0.15) is 11.0 Å². The molecule has 1 aliphatic heterocycles. The zero-order valence-electron chi connectivity index (χ0n) is 16.5. The van der Waals surface area contributed by atoms with Gasteiger partial charge in [0, 0.05) is 12.3 Å². The van der Waals surface area contributed by atoms with E-state index >= 15 is 0 Å². The minimum Gasteiger partial charge on any atom is -0.453 e. The molecule has 0 aromatic rings. The van der Waals surface area contributed by atoms with Gasteiger partial charge in [-0.05, 0) is 46.5 Å². The molecular weight excluding hydrogens is 454 g/mol. The van der Waals surface area contributed by atoms with Gasteiger partial charge in [-0.15, -0.1) is 0 Å². The van der Waals surface area contributed by atoms with Crippen molar-refractivity contribution in [3.8, 4) is 0 Å². The van der Waals surface area contributed by atoms with Crippen LogP contribution in [0.1, 0.15) is 47.0 Å². The highest BCUT2D eigenvalue weighted by atomic mass is 32.2. The quantitative estimate of drug-likeness (QED) is 0.337. The predicted molar refractivity (Wildman–Crippen MR) is 93.9 cm³/mol. The summed E-state index contributed by atoms with van der Waals surface area (Å²) in [4.78, 5) is 24.6. The molecule has 30 heavy (non-hydrogen) atoms. The second kappa shape index (κ2) is 6.33. The van der Waals surface area contributed by atoms with Gasteiger partial charge >= 0.3 is 27.3 Å². The molecule has 4 atom stereocenters. The molecule has 1 N–H and O–H groups in total. The summed E-state index contributed by atoms with van der Waals surface area (Å²) in [6.45, 7) is 4.53. The van der Waals surface area contributed by atoms with Crippen LogP contribution in [-0.2, 0) is 43.5 Å². The van der Waals surface area contributed by atoms with Gasteiger partial charge in [0.05, 0.1) is 5.25 Å². The summed E-state index contributed by atoms with van der Waals surface area (Å²) in [5.41, 5.74) is -3.87. The summed E-state index contributed by atoms with van der Waals surface area (Å²) in [5.74, 6) is -5.92. The van der Waals surface area contributed by atoms with Crippen LogP contribution in [-0.4, -0.2) is 55.2 Å². The summed E-state index contributed by atoms with van der Waals surface area (Å²) in [7, 11) is -10.0. The van der Waals surface area contributed by atoms with Gasteiger partial charge in [-0.25, -0.2) is 8.98 Å². The molecule has 14 heteroatoms. The van der Waals surface area contributed by atoms with E-state index in [2.05, 4.69) is 4.74 Å². The Morgan fingerprint density at radius 2 is 1.70 bits per heavy atom. The number of hydrogen-bond donors (Lipinski definition) is 1. The fourth-order valence-electron chi connectivity index (χ4n) is 4.15. The molecule has 2 aliphatic carbocycles. The predicted octanol–water partition coefficient (Wildman–Crippen LogP) is 1.21. The minimum atomic E-state index is -6.10. The van der Waals surface area contributed by atoms with E-state index in [4.69, 9.17) is 13.5 Å². The molecule has 0 spiro atoms. The molecule has 2 bridgehead atoms. The number of hydrogen-bond acceptors (Lipinski definition) is 9. The third kappa shape index (κ3) is 3.22. The van der Waals surface area contributed by atoms with E-state index in [-0.39, 0.29) is 12.3 Å². The van der Waals surface area contributed by atoms with Crippen molar-refractivity contribution in [1.82, 2.24) is 0 Å². The highest BCUT2D eigenvalue weighted by molar-refractivity contribution is 7.88. The van der Waals surface area contributed by atoms with Crippen LogP contribution in [0.5, 0.6) is 0 Å². The topological polar surface area (TPSA) is 150 Å². The van der Waals surface area contributed by atoms with E-state index < -0.39 is 65.4 Å². The number of ether oxygens (including phenoxy) is 2. The zero-order valence-corrected chi connectivity index (χ0v) is 18.2. The molecule has 0 radical (unpaired) electrons. The van der Waals surface area contributed by atoms with Crippen LogP contribution < -0.4 is 0 Å². The number of alkyl halides is 2. The third-order valence-corrected chi connectivity index (χ3v) is 9.15. The van der Waals surface area contributed by atoms with Crippen LogP contribution in [0.2, 0.25) is 0 Å². The van der Waals surface area contributed by atoms with Crippen LogP contribution in [0.15, 0.2) is 0 Å². The van der Waals surface area contributed by atoms with Crippen LogP contribution in [0.3, 0.4) is 0 Å². The first kappa shape index (κ1) is 23.3. The fraction of sp³-hybridized carbons (Fsp3) is 0.875. The average molecular weight is 476 g/mol. The molecule has 0 aromatic heterocycles.